The van der Waals surface area contributed by atoms with Crippen LogP contribution in [0.25, 0.3) is 111 Å². The highest BCUT2D eigenvalue weighted by Crippen LogP contribution is 2.40. The maximum atomic E-state index is 6.32. The first-order valence-corrected chi connectivity index (χ1v) is 18.0. The first kappa shape index (κ1) is 30.3. The van der Waals surface area contributed by atoms with Gasteiger partial charge in [-0.3, -0.25) is 0 Å². The van der Waals surface area contributed by atoms with Gasteiger partial charge in [-0.15, -0.1) is 0 Å². The van der Waals surface area contributed by atoms with E-state index in [4.69, 9.17) is 23.8 Å². The van der Waals surface area contributed by atoms with E-state index in [1.165, 1.54) is 0 Å². The zero-order valence-corrected chi connectivity index (χ0v) is 28.9. The molecule has 0 amide bonds. The molecule has 8 aromatic carbocycles. The average molecular weight is 692 g/mol. The molecule has 0 spiro atoms. The Bertz CT molecular complexity index is 3230. The molecule has 11 aromatic rings. The van der Waals surface area contributed by atoms with Crippen LogP contribution < -0.4 is 0 Å². The van der Waals surface area contributed by atoms with Crippen LogP contribution in [0.5, 0.6) is 0 Å². The molecule has 0 aliphatic carbocycles. The molecule has 5 heteroatoms. The number of furan rings is 2. The predicted molar refractivity (Wildman–Crippen MR) is 219 cm³/mol. The molecule has 0 N–H and O–H groups in total. The van der Waals surface area contributed by atoms with Crippen LogP contribution in [0.4, 0.5) is 0 Å². The highest BCUT2D eigenvalue weighted by molar-refractivity contribution is 6.12. The third-order valence-corrected chi connectivity index (χ3v) is 10.3. The standard InChI is InChI=1S/C49H29N3O2/c1-2-13-30(14-3-1)34-16-6-7-19-37(34)47-50-48(39-21-12-24-45-46(39)38-20-9-11-23-43(38)54-45)52-49(51-47)41-29-33(27-32-15-4-5-17-35(32)41)31-25-26-44-40(28-31)36-18-8-10-22-42(36)53-44/h1-29H. The fourth-order valence-electron chi connectivity index (χ4n) is 7.81. The summed E-state index contributed by atoms with van der Waals surface area (Å²) >= 11 is 0. The summed E-state index contributed by atoms with van der Waals surface area (Å²) in [6, 6.07) is 60.4. The van der Waals surface area contributed by atoms with E-state index in [1.54, 1.807) is 0 Å². The zero-order valence-electron chi connectivity index (χ0n) is 28.9. The van der Waals surface area contributed by atoms with Crippen LogP contribution in [0.3, 0.4) is 0 Å². The molecule has 0 bridgehead atoms. The van der Waals surface area contributed by atoms with Gasteiger partial charge in [0.05, 0.1) is 0 Å². The quantitative estimate of drug-likeness (QED) is 0.180. The van der Waals surface area contributed by atoms with Crippen LogP contribution in [-0.4, -0.2) is 15.0 Å². The van der Waals surface area contributed by atoms with E-state index < -0.39 is 0 Å². The lowest BCUT2D eigenvalue weighted by atomic mass is 9.95. The van der Waals surface area contributed by atoms with Gasteiger partial charge < -0.3 is 8.83 Å². The summed E-state index contributed by atoms with van der Waals surface area (Å²) < 4.78 is 12.5. The molecule has 54 heavy (non-hydrogen) atoms. The van der Waals surface area contributed by atoms with E-state index in [0.717, 1.165) is 93.6 Å². The summed E-state index contributed by atoms with van der Waals surface area (Å²) in [5.74, 6) is 1.77. The van der Waals surface area contributed by atoms with Gasteiger partial charge in [0.25, 0.3) is 0 Å². The first-order chi connectivity index (χ1) is 26.7. The van der Waals surface area contributed by atoms with E-state index in [2.05, 4.69) is 121 Å². The molecule has 3 heterocycles. The Labute approximate surface area is 309 Å². The number of para-hydroxylation sites is 2. The van der Waals surface area contributed by atoms with Crippen molar-refractivity contribution in [2.75, 3.05) is 0 Å². The molecule has 3 aromatic heterocycles. The molecular weight excluding hydrogens is 663 g/mol. The topological polar surface area (TPSA) is 65.0 Å². The Hall–Kier alpha value is -7.37. The van der Waals surface area contributed by atoms with E-state index in [1.807, 2.05) is 54.6 Å². The molecule has 0 atom stereocenters. The number of aromatic nitrogens is 3. The SMILES string of the molecule is c1ccc(-c2ccccc2-c2nc(-c3cc(-c4ccc5oc6ccccc6c5c4)cc4ccccc34)nc(-c3cccc4oc5ccccc5c34)n2)cc1. The third kappa shape index (κ3) is 4.90. The fourth-order valence-corrected chi connectivity index (χ4v) is 7.81. The molecule has 11 rings (SSSR count). The lowest BCUT2D eigenvalue weighted by Gasteiger charge is -2.14. The summed E-state index contributed by atoms with van der Waals surface area (Å²) in [6.07, 6.45) is 0. The summed E-state index contributed by atoms with van der Waals surface area (Å²) in [5, 5.41) is 6.33. The highest BCUT2D eigenvalue weighted by Gasteiger charge is 2.21. The molecule has 0 aliphatic rings. The van der Waals surface area contributed by atoms with Crippen molar-refractivity contribution in [3.63, 3.8) is 0 Å². The van der Waals surface area contributed by atoms with Crippen LogP contribution in [0.1, 0.15) is 0 Å². The van der Waals surface area contributed by atoms with Crippen molar-refractivity contribution in [1.29, 1.82) is 0 Å². The first-order valence-electron chi connectivity index (χ1n) is 18.0. The van der Waals surface area contributed by atoms with E-state index in [9.17, 15) is 0 Å². The van der Waals surface area contributed by atoms with Gasteiger partial charge in [-0.2, -0.15) is 0 Å². The fraction of sp³-hybridized carbons (Fsp3) is 0. The van der Waals surface area contributed by atoms with E-state index in [0.29, 0.717) is 17.5 Å². The van der Waals surface area contributed by atoms with Gasteiger partial charge >= 0.3 is 0 Å². The van der Waals surface area contributed by atoms with Gasteiger partial charge in [-0.25, -0.2) is 15.0 Å². The number of nitrogens with zero attached hydrogens (tertiary/aromatic N) is 3. The molecule has 0 radical (unpaired) electrons. The Morgan fingerprint density at radius 1 is 0.296 bits per heavy atom. The molecule has 0 aliphatic heterocycles. The summed E-state index contributed by atoms with van der Waals surface area (Å²) in [7, 11) is 0. The molecule has 5 nitrogen and oxygen atoms in total. The minimum atomic E-state index is 0.579. The van der Waals surface area contributed by atoms with Gasteiger partial charge in [0, 0.05) is 38.2 Å². The van der Waals surface area contributed by atoms with E-state index >= 15 is 0 Å². The Balaban J connectivity index is 1.19. The van der Waals surface area contributed by atoms with Crippen molar-refractivity contribution in [2.45, 2.75) is 0 Å². The number of rotatable bonds is 5. The largest absolute Gasteiger partial charge is 0.456 e. The monoisotopic (exact) mass is 691 g/mol. The van der Waals surface area contributed by atoms with Crippen molar-refractivity contribution in [2.24, 2.45) is 0 Å². The lowest BCUT2D eigenvalue weighted by molar-refractivity contribution is 0.668. The lowest BCUT2D eigenvalue weighted by Crippen LogP contribution is -2.02. The zero-order chi connectivity index (χ0) is 35.6. The molecule has 0 fully saturated rings. The van der Waals surface area contributed by atoms with Crippen LogP contribution in [0.15, 0.2) is 185 Å². The predicted octanol–water partition coefficient (Wildman–Crippen LogP) is 13.2. The number of fused-ring (bicyclic) bond motifs is 7. The van der Waals surface area contributed by atoms with Gasteiger partial charge in [-0.05, 0) is 75.5 Å². The molecule has 252 valence electrons. The molecule has 0 unspecified atom stereocenters. The summed E-state index contributed by atoms with van der Waals surface area (Å²) in [5.41, 5.74) is 10.4. The second-order valence-electron chi connectivity index (χ2n) is 13.5. The number of benzene rings is 8. The maximum absolute atomic E-state index is 6.32. The normalized spacial score (nSPS) is 11.7. The Morgan fingerprint density at radius 2 is 0.870 bits per heavy atom. The van der Waals surface area contributed by atoms with Crippen molar-refractivity contribution in [1.82, 2.24) is 15.0 Å². The minimum Gasteiger partial charge on any atom is -0.456 e. The molecule has 0 saturated carbocycles. The van der Waals surface area contributed by atoms with Crippen LogP contribution >= 0.6 is 0 Å². The summed E-state index contributed by atoms with van der Waals surface area (Å²) in [6.45, 7) is 0. The molecule has 0 saturated heterocycles. The van der Waals surface area contributed by atoms with Gasteiger partial charge in [0.2, 0.25) is 0 Å². The van der Waals surface area contributed by atoms with Crippen LogP contribution in [-0.2, 0) is 0 Å². The second kappa shape index (κ2) is 12.1. The Morgan fingerprint density at radius 3 is 1.70 bits per heavy atom. The van der Waals surface area contributed by atoms with Crippen molar-refractivity contribution in [3.05, 3.63) is 176 Å². The average Bonchev–Trinajstić information content (AvgIpc) is 3.82. The minimum absolute atomic E-state index is 0.579. The number of hydrogen-bond donors (Lipinski definition) is 0. The molecular formula is C49H29N3O2. The van der Waals surface area contributed by atoms with Gasteiger partial charge in [0.1, 0.15) is 22.3 Å². The van der Waals surface area contributed by atoms with Gasteiger partial charge in [-0.1, -0.05) is 133 Å². The van der Waals surface area contributed by atoms with Crippen molar-refractivity contribution >= 4 is 54.6 Å². The van der Waals surface area contributed by atoms with Crippen LogP contribution in [0.2, 0.25) is 0 Å². The van der Waals surface area contributed by atoms with E-state index in [-0.39, 0.29) is 0 Å². The second-order valence-corrected chi connectivity index (χ2v) is 13.5. The van der Waals surface area contributed by atoms with Crippen molar-refractivity contribution < 1.29 is 8.83 Å². The maximum Gasteiger partial charge on any atom is 0.164 e. The van der Waals surface area contributed by atoms with Crippen molar-refractivity contribution in [3.8, 4) is 56.4 Å². The summed E-state index contributed by atoms with van der Waals surface area (Å²) in [4.78, 5) is 15.9. The highest BCUT2D eigenvalue weighted by atomic mass is 16.3. The smallest absolute Gasteiger partial charge is 0.164 e. The number of hydrogen-bond acceptors (Lipinski definition) is 5. The van der Waals surface area contributed by atoms with Gasteiger partial charge in [0.15, 0.2) is 17.5 Å². The van der Waals surface area contributed by atoms with Crippen LogP contribution in [0, 0.1) is 0 Å². The third-order valence-electron chi connectivity index (χ3n) is 10.3. The Kier molecular flexibility index (Phi) is 6.79.